The molecule has 3 heteroatoms. The van der Waals surface area contributed by atoms with Crippen molar-refractivity contribution in [3.63, 3.8) is 0 Å². The Morgan fingerprint density at radius 3 is 2.00 bits per heavy atom. The van der Waals surface area contributed by atoms with Crippen LogP contribution in [0.25, 0.3) is 0 Å². The first kappa shape index (κ1) is 23.2. The summed E-state index contributed by atoms with van der Waals surface area (Å²) in [5.41, 5.74) is -0.643. The number of carbonyl (C=O) groups excluding carboxylic acids is 1. The van der Waals surface area contributed by atoms with Crippen LogP contribution in [0.15, 0.2) is 12.2 Å². The highest BCUT2D eigenvalue weighted by molar-refractivity contribution is 5.87. The van der Waals surface area contributed by atoms with E-state index in [0.717, 1.165) is 25.7 Å². The molecule has 0 aromatic carbocycles. The van der Waals surface area contributed by atoms with E-state index in [4.69, 9.17) is 9.47 Å². The second-order valence-corrected chi connectivity index (χ2v) is 7.38. The van der Waals surface area contributed by atoms with E-state index in [-0.39, 0.29) is 5.97 Å². The van der Waals surface area contributed by atoms with Gasteiger partial charge in [-0.3, -0.25) is 0 Å². The maximum atomic E-state index is 12.3. The Labute approximate surface area is 150 Å². The maximum absolute atomic E-state index is 12.3. The SMILES string of the molecule is C=C(C)C(=O)OC(CCC)(CCCCCCCC)C(C)(C)OCC. The minimum atomic E-state index is -0.585. The van der Waals surface area contributed by atoms with Gasteiger partial charge in [0, 0.05) is 12.2 Å². The lowest BCUT2D eigenvalue weighted by Crippen LogP contribution is -2.55. The summed E-state index contributed by atoms with van der Waals surface area (Å²) in [6.45, 7) is 16.5. The molecular weight excluding hydrogens is 300 g/mol. The Hall–Kier alpha value is -0.830. The molecule has 0 amide bonds. The van der Waals surface area contributed by atoms with Gasteiger partial charge in [-0.2, -0.15) is 0 Å². The Morgan fingerprint density at radius 1 is 0.917 bits per heavy atom. The first-order valence-corrected chi connectivity index (χ1v) is 9.79. The highest BCUT2D eigenvalue weighted by Crippen LogP contribution is 2.39. The molecule has 0 saturated heterocycles. The van der Waals surface area contributed by atoms with Crippen LogP contribution in [0.1, 0.15) is 99.3 Å². The monoisotopic (exact) mass is 340 g/mol. The molecule has 0 aliphatic carbocycles. The minimum absolute atomic E-state index is 0.304. The number of esters is 1. The van der Waals surface area contributed by atoms with Crippen molar-refractivity contribution >= 4 is 5.97 Å². The molecule has 0 aromatic heterocycles. The van der Waals surface area contributed by atoms with Crippen LogP contribution in [0.5, 0.6) is 0 Å². The second kappa shape index (κ2) is 11.7. The van der Waals surface area contributed by atoms with Crippen LogP contribution < -0.4 is 0 Å². The molecule has 0 saturated carbocycles. The average Bonchev–Trinajstić information content (AvgIpc) is 2.50. The molecule has 142 valence electrons. The van der Waals surface area contributed by atoms with Crippen molar-refractivity contribution in [2.75, 3.05) is 6.61 Å². The van der Waals surface area contributed by atoms with Gasteiger partial charge in [0.15, 0.2) is 0 Å². The van der Waals surface area contributed by atoms with E-state index >= 15 is 0 Å². The third-order valence-corrected chi connectivity index (χ3v) is 4.83. The molecule has 0 aromatic rings. The van der Waals surface area contributed by atoms with Gasteiger partial charge in [-0.1, -0.05) is 59.0 Å². The van der Waals surface area contributed by atoms with Gasteiger partial charge >= 0.3 is 5.97 Å². The molecule has 1 atom stereocenters. The third kappa shape index (κ3) is 7.38. The van der Waals surface area contributed by atoms with Crippen LogP contribution in [0.2, 0.25) is 0 Å². The summed E-state index contributed by atoms with van der Waals surface area (Å²) in [5, 5.41) is 0. The fourth-order valence-electron chi connectivity index (χ4n) is 3.30. The first-order chi connectivity index (χ1) is 11.3. The number of hydrogen-bond acceptors (Lipinski definition) is 3. The average molecular weight is 341 g/mol. The van der Waals surface area contributed by atoms with E-state index in [1.807, 2.05) is 6.92 Å². The predicted molar refractivity (Wildman–Crippen MR) is 102 cm³/mol. The summed E-state index contributed by atoms with van der Waals surface area (Å²) in [7, 11) is 0. The van der Waals surface area contributed by atoms with Crippen molar-refractivity contribution in [1.29, 1.82) is 0 Å². The fourth-order valence-corrected chi connectivity index (χ4v) is 3.30. The Bertz CT molecular complexity index is 373. The molecule has 0 rings (SSSR count). The van der Waals surface area contributed by atoms with Crippen LogP contribution in [0.4, 0.5) is 0 Å². The van der Waals surface area contributed by atoms with E-state index in [0.29, 0.717) is 12.2 Å². The zero-order valence-corrected chi connectivity index (χ0v) is 17.0. The summed E-state index contributed by atoms with van der Waals surface area (Å²) >= 11 is 0. The highest BCUT2D eigenvalue weighted by Gasteiger charge is 2.48. The number of rotatable bonds is 14. The lowest BCUT2D eigenvalue weighted by molar-refractivity contribution is -0.203. The Kier molecular flexibility index (Phi) is 11.3. The van der Waals surface area contributed by atoms with Gasteiger partial charge in [0.2, 0.25) is 0 Å². The Morgan fingerprint density at radius 2 is 1.50 bits per heavy atom. The molecule has 0 radical (unpaired) electrons. The van der Waals surface area contributed by atoms with Gasteiger partial charge in [-0.15, -0.1) is 0 Å². The van der Waals surface area contributed by atoms with Crippen molar-refractivity contribution in [3.8, 4) is 0 Å². The number of hydrogen-bond donors (Lipinski definition) is 0. The number of unbranched alkanes of at least 4 members (excludes halogenated alkanes) is 5. The van der Waals surface area contributed by atoms with Crippen LogP contribution in [-0.4, -0.2) is 23.8 Å². The van der Waals surface area contributed by atoms with Crippen LogP contribution in [0.3, 0.4) is 0 Å². The van der Waals surface area contributed by atoms with E-state index in [9.17, 15) is 4.79 Å². The van der Waals surface area contributed by atoms with Gasteiger partial charge in [0.1, 0.15) is 11.2 Å². The Balaban J connectivity index is 5.12. The van der Waals surface area contributed by atoms with Crippen LogP contribution >= 0.6 is 0 Å². The van der Waals surface area contributed by atoms with Crippen molar-refractivity contribution in [2.45, 2.75) is 111 Å². The zero-order chi connectivity index (χ0) is 18.6. The molecule has 0 heterocycles. The third-order valence-electron chi connectivity index (χ3n) is 4.83. The molecule has 0 bridgehead atoms. The van der Waals surface area contributed by atoms with E-state index in [1.165, 1.54) is 32.1 Å². The highest BCUT2D eigenvalue weighted by atomic mass is 16.6. The molecular formula is C21H40O3. The smallest absolute Gasteiger partial charge is 0.333 e. The van der Waals surface area contributed by atoms with Crippen molar-refractivity contribution in [1.82, 2.24) is 0 Å². The molecule has 24 heavy (non-hydrogen) atoms. The quantitative estimate of drug-likeness (QED) is 0.214. The van der Waals surface area contributed by atoms with Crippen molar-refractivity contribution in [3.05, 3.63) is 12.2 Å². The van der Waals surface area contributed by atoms with Crippen molar-refractivity contribution in [2.24, 2.45) is 0 Å². The predicted octanol–water partition coefficient (Wildman–Crippen LogP) is 6.21. The molecule has 0 fully saturated rings. The van der Waals surface area contributed by atoms with Gasteiger partial charge in [0.05, 0.1) is 0 Å². The largest absolute Gasteiger partial charge is 0.453 e. The normalized spacial score (nSPS) is 14.2. The fraction of sp³-hybridized carbons (Fsp3) is 0.857. The van der Waals surface area contributed by atoms with Gasteiger partial charge < -0.3 is 9.47 Å². The van der Waals surface area contributed by atoms with E-state index < -0.39 is 11.2 Å². The molecule has 1 unspecified atom stereocenters. The molecule has 3 nitrogen and oxygen atoms in total. The molecule has 0 aliphatic rings. The summed E-state index contributed by atoms with van der Waals surface area (Å²) in [6.07, 6.45) is 9.95. The standard InChI is InChI=1S/C21H40O3/c1-8-11-12-13-14-15-17-21(16-9-2,20(6,7)23-10-3)24-19(22)18(4)5/h4,8-17H2,1-3,5-7H3. The summed E-state index contributed by atoms with van der Waals surface area (Å²) in [6, 6.07) is 0. The van der Waals surface area contributed by atoms with Crippen LogP contribution in [0, 0.1) is 0 Å². The summed E-state index contributed by atoms with van der Waals surface area (Å²) in [5.74, 6) is -0.304. The van der Waals surface area contributed by atoms with E-state index in [2.05, 4.69) is 34.3 Å². The second-order valence-electron chi connectivity index (χ2n) is 7.38. The van der Waals surface area contributed by atoms with Gasteiger partial charge in [-0.25, -0.2) is 4.79 Å². The maximum Gasteiger partial charge on any atom is 0.333 e. The molecule has 0 spiro atoms. The summed E-state index contributed by atoms with van der Waals surface area (Å²) < 4.78 is 12.0. The van der Waals surface area contributed by atoms with Gasteiger partial charge in [0.25, 0.3) is 0 Å². The number of ether oxygens (including phenoxy) is 2. The lowest BCUT2D eigenvalue weighted by Gasteiger charge is -2.46. The van der Waals surface area contributed by atoms with E-state index in [1.54, 1.807) is 6.92 Å². The van der Waals surface area contributed by atoms with Crippen molar-refractivity contribution < 1.29 is 14.3 Å². The minimum Gasteiger partial charge on any atom is -0.453 e. The number of carbonyl (C=O) groups is 1. The summed E-state index contributed by atoms with van der Waals surface area (Å²) in [4.78, 5) is 12.3. The lowest BCUT2D eigenvalue weighted by atomic mass is 9.77. The molecule has 0 aliphatic heterocycles. The van der Waals surface area contributed by atoms with Gasteiger partial charge in [-0.05, 0) is 47.0 Å². The first-order valence-electron chi connectivity index (χ1n) is 9.79. The topological polar surface area (TPSA) is 35.5 Å². The molecule has 0 N–H and O–H groups in total. The zero-order valence-electron chi connectivity index (χ0n) is 17.0. The van der Waals surface area contributed by atoms with Crippen LogP contribution in [-0.2, 0) is 14.3 Å².